The van der Waals surface area contributed by atoms with Crippen LogP contribution in [0.2, 0.25) is 5.02 Å². The van der Waals surface area contributed by atoms with Gasteiger partial charge in [0.25, 0.3) is 0 Å². The van der Waals surface area contributed by atoms with Gasteiger partial charge in [0.2, 0.25) is 5.91 Å². The van der Waals surface area contributed by atoms with Gasteiger partial charge in [0, 0.05) is 37.6 Å². The number of aryl methyl sites for hydroxylation is 1. The summed E-state index contributed by atoms with van der Waals surface area (Å²) < 4.78 is 0. The van der Waals surface area contributed by atoms with Gasteiger partial charge < -0.3 is 10.2 Å². The molecule has 3 nitrogen and oxygen atoms in total. The molecule has 0 aromatic heterocycles. The van der Waals surface area contributed by atoms with Crippen molar-refractivity contribution in [2.75, 3.05) is 19.6 Å². The average Bonchev–Trinajstić information content (AvgIpc) is 2.48. The molecule has 0 aliphatic carbocycles. The molecular formula is C16H23ClN2O. The largest absolute Gasteiger partial charge is 0.343 e. The lowest BCUT2D eigenvalue weighted by molar-refractivity contribution is -0.131. The Kier molecular flexibility index (Phi) is 5.86. The van der Waals surface area contributed by atoms with Crippen LogP contribution in [-0.4, -0.2) is 30.4 Å². The van der Waals surface area contributed by atoms with Gasteiger partial charge in [-0.15, -0.1) is 0 Å². The maximum atomic E-state index is 12.0. The van der Waals surface area contributed by atoms with E-state index in [4.69, 9.17) is 11.6 Å². The SMILES string of the molecule is Cc1ccc(CNCCC(=O)N2CCCCC2)cc1Cl. The van der Waals surface area contributed by atoms with Crippen LogP contribution in [0.25, 0.3) is 0 Å². The van der Waals surface area contributed by atoms with Gasteiger partial charge in [0.05, 0.1) is 0 Å². The molecule has 1 heterocycles. The Morgan fingerprint density at radius 1 is 1.30 bits per heavy atom. The molecule has 0 atom stereocenters. The number of piperidine rings is 1. The first-order valence-electron chi connectivity index (χ1n) is 7.40. The molecule has 1 fully saturated rings. The molecule has 1 amide bonds. The van der Waals surface area contributed by atoms with E-state index in [1.807, 2.05) is 24.0 Å². The molecule has 110 valence electrons. The Morgan fingerprint density at radius 3 is 2.75 bits per heavy atom. The zero-order valence-corrected chi connectivity index (χ0v) is 12.9. The summed E-state index contributed by atoms with van der Waals surface area (Å²) >= 11 is 6.09. The number of benzene rings is 1. The van der Waals surface area contributed by atoms with E-state index in [1.165, 1.54) is 6.42 Å². The van der Waals surface area contributed by atoms with Crippen molar-refractivity contribution in [1.82, 2.24) is 10.2 Å². The third-order valence-corrected chi connectivity index (χ3v) is 4.20. The Labute approximate surface area is 126 Å². The molecular weight excluding hydrogens is 272 g/mol. The maximum Gasteiger partial charge on any atom is 0.223 e. The van der Waals surface area contributed by atoms with Crippen molar-refractivity contribution in [2.24, 2.45) is 0 Å². The van der Waals surface area contributed by atoms with Crippen LogP contribution in [0.15, 0.2) is 18.2 Å². The number of carbonyl (C=O) groups excluding carboxylic acids is 1. The zero-order chi connectivity index (χ0) is 14.4. The summed E-state index contributed by atoms with van der Waals surface area (Å²) in [5.41, 5.74) is 2.25. The third kappa shape index (κ3) is 4.50. The van der Waals surface area contributed by atoms with Gasteiger partial charge >= 0.3 is 0 Å². The topological polar surface area (TPSA) is 32.3 Å². The monoisotopic (exact) mass is 294 g/mol. The summed E-state index contributed by atoms with van der Waals surface area (Å²) in [7, 11) is 0. The number of amides is 1. The van der Waals surface area contributed by atoms with E-state index >= 15 is 0 Å². The highest BCUT2D eigenvalue weighted by atomic mass is 35.5. The van der Waals surface area contributed by atoms with Gasteiger partial charge in [-0.1, -0.05) is 23.7 Å². The molecule has 4 heteroatoms. The molecule has 2 rings (SSSR count). The molecule has 0 radical (unpaired) electrons. The van der Waals surface area contributed by atoms with Gasteiger partial charge in [-0.3, -0.25) is 4.79 Å². The van der Waals surface area contributed by atoms with E-state index in [9.17, 15) is 4.79 Å². The number of carbonyl (C=O) groups is 1. The summed E-state index contributed by atoms with van der Waals surface area (Å²) in [5, 5.41) is 4.11. The lowest BCUT2D eigenvalue weighted by Gasteiger charge is -2.26. The summed E-state index contributed by atoms with van der Waals surface area (Å²) in [6.45, 7) is 5.35. The number of nitrogens with zero attached hydrogens (tertiary/aromatic N) is 1. The van der Waals surface area contributed by atoms with Gasteiger partial charge in [-0.05, 0) is 43.4 Å². The van der Waals surface area contributed by atoms with Crippen LogP contribution in [0.4, 0.5) is 0 Å². The molecule has 20 heavy (non-hydrogen) atoms. The number of hydrogen-bond donors (Lipinski definition) is 1. The highest BCUT2D eigenvalue weighted by molar-refractivity contribution is 6.31. The van der Waals surface area contributed by atoms with E-state index in [2.05, 4.69) is 11.4 Å². The molecule has 1 saturated heterocycles. The Bertz CT molecular complexity index is 456. The number of hydrogen-bond acceptors (Lipinski definition) is 2. The van der Waals surface area contributed by atoms with Crippen LogP contribution in [0.1, 0.15) is 36.8 Å². The molecule has 0 unspecified atom stereocenters. The lowest BCUT2D eigenvalue weighted by atomic mass is 10.1. The van der Waals surface area contributed by atoms with Gasteiger partial charge in [-0.25, -0.2) is 0 Å². The molecule has 1 N–H and O–H groups in total. The molecule has 1 aliphatic heterocycles. The minimum Gasteiger partial charge on any atom is -0.343 e. The molecule has 1 aromatic rings. The van der Waals surface area contributed by atoms with E-state index in [0.717, 1.165) is 55.2 Å². The Balaban J connectivity index is 1.68. The number of nitrogens with one attached hydrogen (secondary N) is 1. The van der Waals surface area contributed by atoms with Crippen LogP contribution >= 0.6 is 11.6 Å². The fourth-order valence-corrected chi connectivity index (χ4v) is 2.68. The van der Waals surface area contributed by atoms with Crippen LogP contribution in [0, 0.1) is 6.92 Å². The first-order chi connectivity index (χ1) is 9.66. The van der Waals surface area contributed by atoms with Crippen molar-refractivity contribution >= 4 is 17.5 Å². The zero-order valence-electron chi connectivity index (χ0n) is 12.1. The highest BCUT2D eigenvalue weighted by Gasteiger charge is 2.15. The van der Waals surface area contributed by atoms with Gasteiger partial charge in [0.15, 0.2) is 0 Å². The van der Waals surface area contributed by atoms with E-state index in [0.29, 0.717) is 6.42 Å². The summed E-state index contributed by atoms with van der Waals surface area (Å²) in [4.78, 5) is 14.0. The summed E-state index contributed by atoms with van der Waals surface area (Å²) in [6, 6.07) is 6.08. The van der Waals surface area contributed by atoms with Crippen molar-refractivity contribution in [2.45, 2.75) is 39.2 Å². The van der Waals surface area contributed by atoms with E-state index in [1.54, 1.807) is 0 Å². The standard InChI is InChI=1S/C16H23ClN2O/c1-13-5-6-14(11-15(13)17)12-18-8-7-16(20)19-9-3-2-4-10-19/h5-6,11,18H,2-4,7-10,12H2,1H3. The normalized spacial score (nSPS) is 15.4. The molecule has 1 aromatic carbocycles. The first kappa shape index (κ1) is 15.3. The van der Waals surface area contributed by atoms with Gasteiger partial charge in [0.1, 0.15) is 0 Å². The second-order valence-corrected chi connectivity index (χ2v) is 5.86. The van der Waals surface area contributed by atoms with Crippen LogP contribution < -0.4 is 5.32 Å². The second-order valence-electron chi connectivity index (χ2n) is 5.45. The second kappa shape index (κ2) is 7.65. The predicted molar refractivity (Wildman–Crippen MR) is 82.9 cm³/mol. The minimum absolute atomic E-state index is 0.277. The van der Waals surface area contributed by atoms with E-state index in [-0.39, 0.29) is 5.91 Å². The average molecular weight is 295 g/mol. The van der Waals surface area contributed by atoms with Crippen LogP contribution in [0.5, 0.6) is 0 Å². The number of halogens is 1. The van der Waals surface area contributed by atoms with E-state index < -0.39 is 0 Å². The third-order valence-electron chi connectivity index (χ3n) is 3.79. The first-order valence-corrected chi connectivity index (χ1v) is 7.78. The predicted octanol–water partition coefficient (Wildman–Crippen LogP) is 3.14. The van der Waals surface area contributed by atoms with Crippen molar-refractivity contribution in [3.05, 3.63) is 34.3 Å². The van der Waals surface area contributed by atoms with Crippen molar-refractivity contribution in [1.29, 1.82) is 0 Å². The minimum atomic E-state index is 0.277. The molecule has 0 saturated carbocycles. The molecule has 0 spiro atoms. The highest BCUT2D eigenvalue weighted by Crippen LogP contribution is 2.16. The lowest BCUT2D eigenvalue weighted by Crippen LogP contribution is -2.37. The van der Waals surface area contributed by atoms with Crippen molar-refractivity contribution in [3.63, 3.8) is 0 Å². The van der Waals surface area contributed by atoms with Crippen molar-refractivity contribution < 1.29 is 4.79 Å². The molecule has 1 aliphatic rings. The quantitative estimate of drug-likeness (QED) is 0.846. The molecule has 0 bridgehead atoms. The fraction of sp³-hybridized carbons (Fsp3) is 0.562. The number of rotatable bonds is 5. The van der Waals surface area contributed by atoms with Crippen molar-refractivity contribution in [3.8, 4) is 0 Å². The Hall–Kier alpha value is -1.06. The Morgan fingerprint density at radius 2 is 2.05 bits per heavy atom. The number of likely N-dealkylation sites (tertiary alicyclic amines) is 1. The maximum absolute atomic E-state index is 12.0. The van der Waals surface area contributed by atoms with Crippen LogP contribution in [-0.2, 0) is 11.3 Å². The fourth-order valence-electron chi connectivity index (χ4n) is 2.48. The summed E-state index contributed by atoms with van der Waals surface area (Å²) in [6.07, 6.45) is 4.15. The smallest absolute Gasteiger partial charge is 0.223 e. The summed E-state index contributed by atoms with van der Waals surface area (Å²) in [5.74, 6) is 0.277. The van der Waals surface area contributed by atoms with Crippen LogP contribution in [0.3, 0.4) is 0 Å². The van der Waals surface area contributed by atoms with Gasteiger partial charge in [-0.2, -0.15) is 0 Å².